The van der Waals surface area contributed by atoms with Crippen molar-refractivity contribution in [1.82, 2.24) is 0 Å². The molecule has 0 N–H and O–H groups in total. The van der Waals surface area contributed by atoms with Crippen LogP contribution in [0, 0.1) is 46.3 Å². The van der Waals surface area contributed by atoms with Crippen LogP contribution >= 0.6 is 0 Å². The summed E-state index contributed by atoms with van der Waals surface area (Å²) in [5.41, 5.74) is -0.599. The molecular formula is C30H46O6S. The third kappa shape index (κ3) is 5.53. The molecule has 0 aliphatic heterocycles. The summed E-state index contributed by atoms with van der Waals surface area (Å²) in [6, 6.07) is 0. The maximum Gasteiger partial charge on any atom is 0.305 e. The average Bonchev–Trinajstić information content (AvgIpc) is 3.20. The molecule has 4 rings (SSSR count). The predicted molar refractivity (Wildman–Crippen MR) is 143 cm³/mol. The maximum atomic E-state index is 13.9. The molecule has 7 heteroatoms. The second kappa shape index (κ2) is 11.4. The molecule has 0 heterocycles. The summed E-state index contributed by atoms with van der Waals surface area (Å²) < 4.78 is 16.5. The van der Waals surface area contributed by atoms with Gasteiger partial charge in [0.15, 0.2) is 0 Å². The quantitative estimate of drug-likeness (QED) is 0.287. The summed E-state index contributed by atoms with van der Waals surface area (Å²) in [6.45, 7) is 6.91. The number of carbonyl (C=O) groups is 4. The van der Waals surface area contributed by atoms with Crippen LogP contribution in [0.25, 0.3) is 0 Å². The standard InChI is InChI=1S/C30H46O6S/c1-19(8-11-27(34)36-14-6-5-7-15-37(4)35)22-9-10-23-28-24(18-26(33)30(22,23)3)29(2)13-12-21(31)16-20(29)17-25(28)32/h19-20,22-24,28H,5-18H2,1-4H3/t19-,20?,22-,23+,24+,28+,29+,30-,37?/m1/s1. The Kier molecular flexibility index (Phi) is 8.82. The van der Waals surface area contributed by atoms with Crippen LogP contribution in [-0.2, 0) is 34.7 Å². The summed E-state index contributed by atoms with van der Waals surface area (Å²) in [5.74, 6) is 1.93. The third-order valence-electron chi connectivity index (χ3n) is 11.0. The molecule has 0 aromatic carbocycles. The first-order chi connectivity index (χ1) is 17.5. The Morgan fingerprint density at radius 2 is 1.81 bits per heavy atom. The van der Waals surface area contributed by atoms with E-state index in [1.165, 1.54) is 0 Å². The van der Waals surface area contributed by atoms with Gasteiger partial charge in [0.1, 0.15) is 17.3 Å². The van der Waals surface area contributed by atoms with Crippen molar-refractivity contribution >= 4 is 34.1 Å². The lowest BCUT2D eigenvalue weighted by Crippen LogP contribution is -2.60. The minimum absolute atomic E-state index is 0.0653. The van der Waals surface area contributed by atoms with E-state index in [-0.39, 0.29) is 58.5 Å². The van der Waals surface area contributed by atoms with Crippen LogP contribution in [0.4, 0.5) is 0 Å². The number of hydrogen-bond donors (Lipinski definition) is 0. The molecule has 9 atom stereocenters. The van der Waals surface area contributed by atoms with Gasteiger partial charge < -0.3 is 4.74 Å². The fraction of sp³-hybridized carbons (Fsp3) is 0.867. The van der Waals surface area contributed by atoms with Gasteiger partial charge in [-0.1, -0.05) is 20.8 Å². The van der Waals surface area contributed by atoms with Crippen molar-refractivity contribution in [3.8, 4) is 0 Å². The average molecular weight is 535 g/mol. The molecule has 0 amide bonds. The number of ether oxygens (including phenoxy) is 1. The van der Waals surface area contributed by atoms with Crippen LogP contribution in [0.15, 0.2) is 0 Å². The van der Waals surface area contributed by atoms with Gasteiger partial charge in [0.05, 0.1) is 6.61 Å². The molecule has 4 fully saturated rings. The molecule has 208 valence electrons. The number of unbranched alkanes of at least 4 members (excludes halogenated alkanes) is 2. The number of esters is 1. The zero-order chi connectivity index (χ0) is 27.0. The highest BCUT2D eigenvalue weighted by atomic mass is 32.2. The number of rotatable bonds is 10. The predicted octanol–water partition coefficient (Wildman–Crippen LogP) is 5.08. The van der Waals surface area contributed by atoms with Crippen LogP contribution in [-0.4, -0.2) is 46.1 Å². The Morgan fingerprint density at radius 1 is 1.05 bits per heavy atom. The first kappa shape index (κ1) is 28.6. The molecule has 0 bridgehead atoms. The van der Waals surface area contributed by atoms with Gasteiger partial charge in [-0.05, 0) is 80.0 Å². The molecule has 37 heavy (non-hydrogen) atoms. The normalized spacial score (nSPS) is 38.9. The fourth-order valence-corrected chi connectivity index (χ4v) is 9.39. The highest BCUT2D eigenvalue weighted by molar-refractivity contribution is 7.84. The molecule has 0 spiro atoms. The molecule has 0 aromatic heterocycles. The monoisotopic (exact) mass is 534 g/mol. The van der Waals surface area contributed by atoms with Gasteiger partial charge in [-0.2, -0.15) is 0 Å². The Bertz CT molecular complexity index is 944. The van der Waals surface area contributed by atoms with E-state index in [9.17, 15) is 23.4 Å². The van der Waals surface area contributed by atoms with Gasteiger partial charge in [-0.3, -0.25) is 23.4 Å². The second-order valence-electron chi connectivity index (χ2n) is 13.0. The highest BCUT2D eigenvalue weighted by Crippen LogP contribution is 2.66. The van der Waals surface area contributed by atoms with Crippen LogP contribution in [0.3, 0.4) is 0 Å². The summed E-state index contributed by atoms with van der Waals surface area (Å²) in [5, 5.41) is 0. The minimum atomic E-state index is -0.771. The summed E-state index contributed by atoms with van der Waals surface area (Å²) in [4.78, 5) is 51.9. The third-order valence-corrected chi connectivity index (χ3v) is 11.9. The highest BCUT2D eigenvalue weighted by Gasteiger charge is 2.66. The van der Waals surface area contributed by atoms with Gasteiger partial charge in [0, 0.05) is 66.2 Å². The molecule has 4 saturated carbocycles. The van der Waals surface area contributed by atoms with Crippen molar-refractivity contribution in [3.63, 3.8) is 0 Å². The minimum Gasteiger partial charge on any atom is -0.466 e. The number of ketones is 3. The fourth-order valence-electron chi connectivity index (χ4n) is 8.78. The summed E-state index contributed by atoms with van der Waals surface area (Å²) >= 11 is 0. The van der Waals surface area contributed by atoms with Gasteiger partial charge in [0.2, 0.25) is 0 Å². The maximum absolute atomic E-state index is 13.9. The summed E-state index contributed by atoms with van der Waals surface area (Å²) in [7, 11) is -0.771. The molecular weight excluding hydrogens is 488 g/mol. The van der Waals surface area contributed by atoms with Crippen molar-refractivity contribution in [2.24, 2.45) is 46.3 Å². The van der Waals surface area contributed by atoms with E-state index in [1.54, 1.807) is 6.26 Å². The molecule has 0 saturated heterocycles. The summed E-state index contributed by atoms with van der Waals surface area (Å²) in [6.07, 6.45) is 9.99. The van der Waals surface area contributed by atoms with Gasteiger partial charge in [-0.15, -0.1) is 0 Å². The molecule has 2 unspecified atom stereocenters. The molecule has 0 radical (unpaired) electrons. The largest absolute Gasteiger partial charge is 0.466 e. The topological polar surface area (TPSA) is 94.6 Å². The van der Waals surface area contributed by atoms with Crippen LogP contribution in [0.2, 0.25) is 0 Å². The number of Topliss-reactive ketones (excluding diaryl/α,β-unsaturated/α-hetero) is 3. The van der Waals surface area contributed by atoms with E-state index < -0.39 is 16.2 Å². The van der Waals surface area contributed by atoms with Crippen LogP contribution in [0.5, 0.6) is 0 Å². The molecule has 0 aromatic rings. The van der Waals surface area contributed by atoms with Crippen molar-refractivity contribution in [1.29, 1.82) is 0 Å². The second-order valence-corrected chi connectivity index (χ2v) is 14.6. The van der Waals surface area contributed by atoms with Gasteiger partial charge >= 0.3 is 5.97 Å². The lowest BCUT2D eigenvalue weighted by atomic mass is 9.44. The van der Waals surface area contributed by atoms with E-state index in [0.29, 0.717) is 56.7 Å². The van der Waals surface area contributed by atoms with Crippen molar-refractivity contribution < 1.29 is 28.1 Å². The molecule has 4 aliphatic rings. The Morgan fingerprint density at radius 3 is 2.54 bits per heavy atom. The first-order valence-corrected chi connectivity index (χ1v) is 16.2. The Balaban J connectivity index is 1.35. The van der Waals surface area contributed by atoms with E-state index >= 15 is 0 Å². The van der Waals surface area contributed by atoms with Gasteiger partial charge in [0.25, 0.3) is 0 Å². The van der Waals surface area contributed by atoms with Crippen molar-refractivity contribution in [2.45, 2.75) is 97.8 Å². The van der Waals surface area contributed by atoms with E-state index in [2.05, 4.69) is 20.8 Å². The van der Waals surface area contributed by atoms with E-state index in [1.807, 2.05) is 0 Å². The van der Waals surface area contributed by atoms with E-state index in [4.69, 9.17) is 4.74 Å². The molecule has 6 nitrogen and oxygen atoms in total. The lowest BCUT2D eigenvalue weighted by Gasteiger charge is -2.58. The number of carbonyl (C=O) groups excluding carboxylic acids is 4. The van der Waals surface area contributed by atoms with Crippen LogP contribution < -0.4 is 0 Å². The lowest BCUT2D eigenvalue weighted by molar-refractivity contribution is -0.166. The zero-order valence-electron chi connectivity index (χ0n) is 23.2. The number of hydrogen-bond acceptors (Lipinski definition) is 6. The Hall–Kier alpha value is -1.37. The van der Waals surface area contributed by atoms with Crippen LogP contribution in [0.1, 0.15) is 97.8 Å². The van der Waals surface area contributed by atoms with E-state index in [0.717, 1.165) is 38.5 Å². The van der Waals surface area contributed by atoms with Crippen molar-refractivity contribution in [2.75, 3.05) is 18.6 Å². The van der Waals surface area contributed by atoms with Gasteiger partial charge in [-0.25, -0.2) is 0 Å². The number of fused-ring (bicyclic) bond motifs is 5. The Labute approximate surface area is 224 Å². The first-order valence-electron chi connectivity index (χ1n) is 14.5. The zero-order valence-corrected chi connectivity index (χ0v) is 24.0. The molecule has 4 aliphatic carbocycles. The SMILES string of the molecule is C[C@H](CCC(=O)OCCCCCS(C)=O)[C@H]1CC[C@H]2[C@@H]3C(=O)CC4CC(=O)CC[C@]4(C)[C@H]3CC(=O)[C@]12C. The smallest absolute Gasteiger partial charge is 0.305 e. The van der Waals surface area contributed by atoms with Crippen molar-refractivity contribution in [3.05, 3.63) is 0 Å².